The molecule has 1 unspecified atom stereocenters. The lowest BCUT2D eigenvalue weighted by atomic mass is 10.0. The molecule has 1 atom stereocenters. The number of nitrogens with zero attached hydrogens (tertiary/aromatic N) is 1. The van der Waals surface area contributed by atoms with Crippen molar-refractivity contribution < 1.29 is 0 Å². The molecule has 2 rings (SSSR count). The van der Waals surface area contributed by atoms with E-state index in [0.717, 1.165) is 18.8 Å². The van der Waals surface area contributed by atoms with Gasteiger partial charge in [-0.15, -0.1) is 0 Å². The van der Waals surface area contributed by atoms with Gasteiger partial charge in [0.2, 0.25) is 0 Å². The highest BCUT2D eigenvalue weighted by Gasteiger charge is 2.15. The van der Waals surface area contributed by atoms with Gasteiger partial charge in [-0.1, -0.05) is 43.3 Å². The van der Waals surface area contributed by atoms with E-state index in [1.807, 2.05) is 12.1 Å². The van der Waals surface area contributed by atoms with Crippen molar-refractivity contribution >= 4 is 5.69 Å². The molecule has 0 radical (unpaired) electrons. The van der Waals surface area contributed by atoms with Crippen molar-refractivity contribution in [2.45, 2.75) is 33.4 Å². The Balaban J connectivity index is 2.15. The maximum atomic E-state index is 5.77. The van der Waals surface area contributed by atoms with Gasteiger partial charge in [-0.3, -0.25) is 4.90 Å². The van der Waals surface area contributed by atoms with Crippen LogP contribution in [-0.4, -0.2) is 11.4 Å². The van der Waals surface area contributed by atoms with Crippen molar-refractivity contribution in [3.8, 4) is 0 Å². The Morgan fingerprint density at radius 2 is 1.70 bits per heavy atom. The highest BCUT2D eigenvalue weighted by molar-refractivity contribution is 5.40. The van der Waals surface area contributed by atoms with Crippen LogP contribution in [-0.2, 0) is 6.54 Å². The third-order valence-corrected chi connectivity index (χ3v) is 4.01. The monoisotopic (exact) mass is 268 g/mol. The number of benzene rings is 2. The van der Waals surface area contributed by atoms with E-state index >= 15 is 0 Å². The van der Waals surface area contributed by atoms with Gasteiger partial charge in [0.15, 0.2) is 0 Å². The van der Waals surface area contributed by atoms with E-state index in [9.17, 15) is 0 Å². The van der Waals surface area contributed by atoms with Gasteiger partial charge in [-0.2, -0.15) is 0 Å². The van der Waals surface area contributed by atoms with Crippen LogP contribution in [0.4, 0.5) is 5.69 Å². The van der Waals surface area contributed by atoms with E-state index in [-0.39, 0.29) is 0 Å². The van der Waals surface area contributed by atoms with Gasteiger partial charge in [0.05, 0.1) is 0 Å². The van der Waals surface area contributed by atoms with Crippen LogP contribution in [0.15, 0.2) is 48.5 Å². The first kappa shape index (κ1) is 14.6. The van der Waals surface area contributed by atoms with Crippen LogP contribution in [0.2, 0.25) is 0 Å². The second-order valence-corrected chi connectivity index (χ2v) is 5.33. The molecule has 106 valence electrons. The van der Waals surface area contributed by atoms with Gasteiger partial charge >= 0.3 is 0 Å². The van der Waals surface area contributed by atoms with Crippen LogP contribution in [0.5, 0.6) is 0 Å². The summed E-state index contributed by atoms with van der Waals surface area (Å²) >= 11 is 0. The number of aryl methyl sites for hydroxylation is 1. The maximum absolute atomic E-state index is 5.77. The zero-order valence-electron chi connectivity index (χ0n) is 12.6. The van der Waals surface area contributed by atoms with Gasteiger partial charge < -0.3 is 5.73 Å². The topological polar surface area (TPSA) is 29.3 Å². The van der Waals surface area contributed by atoms with Gasteiger partial charge in [-0.25, -0.2) is 0 Å². The summed E-state index contributed by atoms with van der Waals surface area (Å²) in [5.41, 5.74) is 10.7. The van der Waals surface area contributed by atoms with E-state index in [1.54, 1.807) is 0 Å². The molecule has 20 heavy (non-hydrogen) atoms. The lowest BCUT2D eigenvalue weighted by molar-refractivity contribution is 0.212. The molecule has 2 nitrogen and oxygen atoms in total. The Hall–Kier alpha value is -1.80. The van der Waals surface area contributed by atoms with Crippen LogP contribution in [0, 0.1) is 6.92 Å². The van der Waals surface area contributed by atoms with Gasteiger partial charge in [0.1, 0.15) is 0 Å². The molecule has 0 heterocycles. The summed E-state index contributed by atoms with van der Waals surface area (Å²) in [5.74, 6) is 0. The van der Waals surface area contributed by atoms with Crippen LogP contribution in [0.1, 0.15) is 36.6 Å². The largest absolute Gasteiger partial charge is 0.399 e. The minimum absolute atomic E-state index is 0.389. The molecule has 0 aliphatic heterocycles. The van der Waals surface area contributed by atoms with Crippen LogP contribution in [0.25, 0.3) is 0 Å². The molecule has 0 aromatic heterocycles. The number of rotatable bonds is 5. The minimum atomic E-state index is 0.389. The Labute approximate surface area is 122 Å². The molecule has 2 heteroatoms. The fourth-order valence-electron chi connectivity index (χ4n) is 2.51. The maximum Gasteiger partial charge on any atom is 0.0323 e. The van der Waals surface area contributed by atoms with E-state index in [0.29, 0.717) is 6.04 Å². The van der Waals surface area contributed by atoms with Crippen LogP contribution < -0.4 is 5.73 Å². The molecule has 0 spiro atoms. The number of anilines is 1. The first-order chi connectivity index (χ1) is 9.61. The lowest BCUT2D eigenvalue weighted by Crippen LogP contribution is -2.26. The molecule has 0 aliphatic carbocycles. The Morgan fingerprint density at radius 3 is 2.30 bits per heavy atom. The van der Waals surface area contributed by atoms with Crippen molar-refractivity contribution in [1.82, 2.24) is 4.90 Å². The zero-order chi connectivity index (χ0) is 14.5. The number of hydrogen-bond acceptors (Lipinski definition) is 2. The van der Waals surface area contributed by atoms with Crippen molar-refractivity contribution in [3.05, 3.63) is 65.2 Å². The highest BCUT2D eigenvalue weighted by atomic mass is 15.1. The molecule has 0 fully saturated rings. The van der Waals surface area contributed by atoms with E-state index in [1.165, 1.54) is 16.7 Å². The molecule has 0 saturated heterocycles. The van der Waals surface area contributed by atoms with E-state index in [4.69, 9.17) is 5.73 Å². The predicted octanol–water partition coefficient (Wildman–Crippen LogP) is 4.16. The Bertz CT molecular complexity index is 546. The summed E-state index contributed by atoms with van der Waals surface area (Å²) in [7, 11) is 0. The second kappa shape index (κ2) is 6.58. The predicted molar refractivity (Wildman–Crippen MR) is 86.5 cm³/mol. The number of hydrogen-bond donors (Lipinski definition) is 1. The lowest BCUT2D eigenvalue weighted by Gasteiger charge is -2.29. The Kier molecular flexibility index (Phi) is 4.80. The summed E-state index contributed by atoms with van der Waals surface area (Å²) in [6, 6.07) is 17.2. The smallest absolute Gasteiger partial charge is 0.0323 e. The molecule has 0 saturated carbocycles. The number of nitrogens with two attached hydrogens (primary N) is 1. The summed E-state index contributed by atoms with van der Waals surface area (Å²) in [5, 5.41) is 0. The molecule has 2 aromatic carbocycles. The fourth-order valence-corrected chi connectivity index (χ4v) is 2.51. The molecule has 2 N–H and O–H groups in total. The highest BCUT2D eigenvalue weighted by Crippen LogP contribution is 2.23. The van der Waals surface area contributed by atoms with Crippen molar-refractivity contribution in [3.63, 3.8) is 0 Å². The Morgan fingerprint density at radius 1 is 1.05 bits per heavy atom. The van der Waals surface area contributed by atoms with E-state index in [2.05, 4.69) is 62.1 Å². The van der Waals surface area contributed by atoms with E-state index < -0.39 is 0 Å². The SMILES string of the molecule is CCN(Cc1ccccc1C)C(C)c1ccc(N)cc1. The number of nitrogen functional groups attached to an aromatic ring is 1. The first-order valence-electron chi connectivity index (χ1n) is 7.25. The minimum Gasteiger partial charge on any atom is -0.399 e. The van der Waals surface area contributed by atoms with Crippen molar-refractivity contribution in [1.29, 1.82) is 0 Å². The fraction of sp³-hybridized carbons (Fsp3) is 0.333. The van der Waals surface area contributed by atoms with Crippen LogP contribution >= 0.6 is 0 Å². The summed E-state index contributed by atoms with van der Waals surface area (Å²) in [6.45, 7) is 8.66. The molecule has 0 bridgehead atoms. The quantitative estimate of drug-likeness (QED) is 0.825. The zero-order valence-corrected chi connectivity index (χ0v) is 12.6. The van der Waals surface area contributed by atoms with Crippen LogP contribution in [0.3, 0.4) is 0 Å². The summed E-state index contributed by atoms with van der Waals surface area (Å²) in [6.07, 6.45) is 0. The van der Waals surface area contributed by atoms with Crippen molar-refractivity contribution in [2.24, 2.45) is 0 Å². The average molecular weight is 268 g/mol. The van der Waals surface area contributed by atoms with Gasteiger partial charge in [0, 0.05) is 18.3 Å². The van der Waals surface area contributed by atoms with Gasteiger partial charge in [0.25, 0.3) is 0 Å². The molecule has 0 amide bonds. The first-order valence-corrected chi connectivity index (χ1v) is 7.25. The third-order valence-electron chi connectivity index (χ3n) is 4.01. The average Bonchev–Trinajstić information content (AvgIpc) is 2.46. The van der Waals surface area contributed by atoms with Crippen molar-refractivity contribution in [2.75, 3.05) is 12.3 Å². The molecular formula is C18H24N2. The molecule has 2 aromatic rings. The molecule has 0 aliphatic rings. The molecular weight excluding hydrogens is 244 g/mol. The third kappa shape index (κ3) is 3.40. The van der Waals surface area contributed by atoms with Gasteiger partial charge in [-0.05, 0) is 49.2 Å². The summed E-state index contributed by atoms with van der Waals surface area (Å²) < 4.78 is 0. The second-order valence-electron chi connectivity index (χ2n) is 5.33. The normalized spacial score (nSPS) is 12.6. The standard InChI is InChI=1S/C18H24N2/c1-4-20(13-17-8-6-5-7-14(17)2)15(3)16-9-11-18(19)12-10-16/h5-12,15H,4,13,19H2,1-3H3. The summed E-state index contributed by atoms with van der Waals surface area (Å²) in [4.78, 5) is 2.48.